The second kappa shape index (κ2) is 3.39. The second-order valence-corrected chi connectivity index (χ2v) is 2.62. The molecule has 1 aromatic rings. The van der Waals surface area contributed by atoms with Crippen molar-refractivity contribution in [3.05, 3.63) is 29.8 Å². The van der Waals surface area contributed by atoms with Crippen LogP contribution in [0, 0.1) is 0 Å². The van der Waals surface area contributed by atoms with Gasteiger partial charge in [0, 0.05) is 6.42 Å². The van der Waals surface area contributed by atoms with Crippen molar-refractivity contribution in [2.45, 2.75) is 6.42 Å². The molecule has 1 rings (SSSR count). The molecule has 0 aliphatic heterocycles. The standard InChI is InChI=1S/C8H7ClO2/c9-8(11)5-6-2-1-3-7(10)4-6/h1-4,10H,5H2. The lowest BCUT2D eigenvalue weighted by atomic mass is 10.2. The van der Waals surface area contributed by atoms with Crippen LogP contribution in [-0.2, 0) is 11.2 Å². The number of carbonyl (C=O) groups is 1. The molecule has 0 unspecified atom stereocenters. The first-order valence-corrected chi connectivity index (χ1v) is 3.52. The summed E-state index contributed by atoms with van der Waals surface area (Å²) in [6, 6.07) is 6.47. The lowest BCUT2D eigenvalue weighted by Crippen LogP contribution is -1.91. The van der Waals surface area contributed by atoms with Crippen LogP contribution in [-0.4, -0.2) is 10.3 Å². The van der Waals surface area contributed by atoms with Gasteiger partial charge in [-0.05, 0) is 29.3 Å². The predicted molar refractivity (Wildman–Crippen MR) is 42.7 cm³/mol. The van der Waals surface area contributed by atoms with Crippen LogP contribution in [0.4, 0.5) is 0 Å². The van der Waals surface area contributed by atoms with Gasteiger partial charge in [-0.15, -0.1) is 0 Å². The summed E-state index contributed by atoms with van der Waals surface area (Å²) in [5.74, 6) is 0.153. The molecule has 1 aromatic carbocycles. The maximum Gasteiger partial charge on any atom is 0.226 e. The summed E-state index contributed by atoms with van der Waals surface area (Å²) >= 11 is 5.14. The maximum absolute atomic E-state index is 10.4. The molecule has 0 aliphatic rings. The number of rotatable bonds is 2. The first-order chi connectivity index (χ1) is 5.18. The molecule has 0 atom stereocenters. The molecule has 0 spiro atoms. The molecule has 1 N–H and O–H groups in total. The van der Waals surface area contributed by atoms with Crippen LogP contribution in [0.25, 0.3) is 0 Å². The highest BCUT2D eigenvalue weighted by Crippen LogP contribution is 2.11. The van der Waals surface area contributed by atoms with E-state index in [1.165, 1.54) is 6.07 Å². The fourth-order valence-electron chi connectivity index (χ4n) is 0.827. The van der Waals surface area contributed by atoms with Crippen LogP contribution in [0.2, 0.25) is 0 Å². The maximum atomic E-state index is 10.4. The van der Waals surface area contributed by atoms with Gasteiger partial charge in [0.2, 0.25) is 5.24 Å². The van der Waals surface area contributed by atoms with Gasteiger partial charge in [0.15, 0.2) is 0 Å². The van der Waals surface area contributed by atoms with E-state index in [0.29, 0.717) is 0 Å². The Morgan fingerprint density at radius 3 is 2.82 bits per heavy atom. The monoisotopic (exact) mass is 170 g/mol. The number of phenolic OH excluding ortho intramolecular Hbond substituents is 1. The van der Waals surface area contributed by atoms with Crippen molar-refractivity contribution in [1.82, 2.24) is 0 Å². The summed E-state index contributed by atoms with van der Waals surface area (Å²) in [5.41, 5.74) is 0.727. The number of carbonyl (C=O) groups excluding carboxylic acids is 1. The van der Waals surface area contributed by atoms with E-state index in [-0.39, 0.29) is 12.2 Å². The summed E-state index contributed by atoms with van der Waals surface area (Å²) in [5, 5.41) is 8.55. The van der Waals surface area contributed by atoms with Crippen LogP contribution in [0.3, 0.4) is 0 Å². The third kappa shape index (κ3) is 2.60. The van der Waals surface area contributed by atoms with Crippen molar-refractivity contribution in [1.29, 1.82) is 0 Å². The Morgan fingerprint density at radius 2 is 2.27 bits per heavy atom. The quantitative estimate of drug-likeness (QED) is 0.686. The van der Waals surface area contributed by atoms with E-state index in [2.05, 4.69) is 0 Å². The molecule has 3 heteroatoms. The summed E-state index contributed by atoms with van der Waals surface area (Å²) in [7, 11) is 0. The second-order valence-electron chi connectivity index (χ2n) is 2.20. The van der Waals surface area contributed by atoms with Crippen molar-refractivity contribution in [2.24, 2.45) is 0 Å². The number of phenols is 1. The molecule has 11 heavy (non-hydrogen) atoms. The largest absolute Gasteiger partial charge is 0.508 e. The van der Waals surface area contributed by atoms with E-state index in [1.807, 2.05) is 0 Å². The van der Waals surface area contributed by atoms with Gasteiger partial charge in [0.25, 0.3) is 0 Å². The lowest BCUT2D eigenvalue weighted by Gasteiger charge is -1.95. The smallest absolute Gasteiger partial charge is 0.226 e. The molecule has 0 saturated carbocycles. The zero-order valence-electron chi connectivity index (χ0n) is 5.75. The van der Waals surface area contributed by atoms with Crippen LogP contribution in [0.1, 0.15) is 5.56 Å². The van der Waals surface area contributed by atoms with E-state index in [0.717, 1.165) is 5.56 Å². The van der Waals surface area contributed by atoms with Crippen molar-refractivity contribution in [2.75, 3.05) is 0 Å². The third-order valence-electron chi connectivity index (χ3n) is 1.25. The van der Waals surface area contributed by atoms with Crippen LogP contribution in [0.15, 0.2) is 24.3 Å². The van der Waals surface area contributed by atoms with E-state index in [9.17, 15) is 4.79 Å². The minimum absolute atomic E-state index is 0.153. The number of benzene rings is 1. The third-order valence-corrected chi connectivity index (χ3v) is 1.39. The molecular formula is C8H7ClO2. The van der Waals surface area contributed by atoms with E-state index in [4.69, 9.17) is 16.7 Å². The number of hydrogen-bond donors (Lipinski definition) is 1. The minimum Gasteiger partial charge on any atom is -0.508 e. The van der Waals surface area contributed by atoms with Gasteiger partial charge in [-0.3, -0.25) is 4.79 Å². The van der Waals surface area contributed by atoms with E-state index >= 15 is 0 Å². The molecule has 0 amide bonds. The molecule has 0 heterocycles. The minimum atomic E-state index is -0.421. The SMILES string of the molecule is O=C(Cl)Cc1cccc(O)c1. The zero-order valence-corrected chi connectivity index (χ0v) is 6.51. The first-order valence-electron chi connectivity index (χ1n) is 3.15. The fourth-order valence-corrected chi connectivity index (χ4v) is 0.981. The van der Waals surface area contributed by atoms with Gasteiger partial charge in [0.05, 0.1) is 0 Å². The Hall–Kier alpha value is -1.02. The van der Waals surface area contributed by atoms with E-state index in [1.54, 1.807) is 18.2 Å². The molecule has 0 aliphatic carbocycles. The Balaban J connectivity index is 2.79. The number of aromatic hydroxyl groups is 1. The Labute approximate surface area is 69.4 Å². The first kappa shape index (κ1) is 8.08. The summed E-state index contributed by atoms with van der Waals surface area (Å²) < 4.78 is 0. The van der Waals surface area contributed by atoms with Gasteiger partial charge >= 0.3 is 0 Å². The van der Waals surface area contributed by atoms with Crippen molar-refractivity contribution in [3.63, 3.8) is 0 Å². The molecule has 0 saturated heterocycles. The van der Waals surface area contributed by atoms with Crippen molar-refractivity contribution in [3.8, 4) is 5.75 Å². The molecule has 0 aromatic heterocycles. The molecule has 0 fully saturated rings. The lowest BCUT2D eigenvalue weighted by molar-refractivity contribution is -0.111. The number of halogens is 1. The van der Waals surface area contributed by atoms with Gasteiger partial charge in [-0.2, -0.15) is 0 Å². The van der Waals surface area contributed by atoms with Gasteiger partial charge in [-0.25, -0.2) is 0 Å². The summed E-state index contributed by atoms with van der Waals surface area (Å²) in [6.07, 6.45) is 0.163. The van der Waals surface area contributed by atoms with Crippen molar-refractivity contribution >= 4 is 16.8 Å². The highest BCUT2D eigenvalue weighted by atomic mass is 35.5. The summed E-state index contributed by atoms with van der Waals surface area (Å²) in [6.45, 7) is 0. The topological polar surface area (TPSA) is 37.3 Å². The van der Waals surface area contributed by atoms with E-state index < -0.39 is 5.24 Å². The average molecular weight is 171 g/mol. The van der Waals surface area contributed by atoms with Crippen LogP contribution < -0.4 is 0 Å². The van der Waals surface area contributed by atoms with Gasteiger partial charge in [-0.1, -0.05) is 12.1 Å². The average Bonchev–Trinajstić information content (AvgIpc) is 1.85. The zero-order chi connectivity index (χ0) is 8.27. The highest BCUT2D eigenvalue weighted by Gasteiger charge is 1.98. The molecule has 0 bridgehead atoms. The van der Waals surface area contributed by atoms with Crippen molar-refractivity contribution < 1.29 is 9.90 Å². The van der Waals surface area contributed by atoms with Crippen LogP contribution >= 0.6 is 11.6 Å². The summed E-state index contributed by atoms with van der Waals surface area (Å²) in [4.78, 5) is 10.4. The molecule has 2 nitrogen and oxygen atoms in total. The fraction of sp³-hybridized carbons (Fsp3) is 0.125. The number of hydrogen-bond acceptors (Lipinski definition) is 2. The predicted octanol–water partition coefficient (Wildman–Crippen LogP) is 1.70. The Kier molecular flexibility index (Phi) is 2.49. The molecule has 58 valence electrons. The van der Waals surface area contributed by atoms with Gasteiger partial charge in [0.1, 0.15) is 5.75 Å². The van der Waals surface area contributed by atoms with Crippen LogP contribution in [0.5, 0.6) is 5.75 Å². The normalized spacial score (nSPS) is 9.55. The molecular weight excluding hydrogens is 164 g/mol. The Bertz CT molecular complexity index is 271. The Morgan fingerprint density at radius 1 is 1.55 bits per heavy atom. The molecule has 0 radical (unpaired) electrons. The highest BCUT2D eigenvalue weighted by molar-refractivity contribution is 6.63. The van der Waals surface area contributed by atoms with Gasteiger partial charge < -0.3 is 5.11 Å².